The zero-order valence-corrected chi connectivity index (χ0v) is 20.0. The van der Waals surface area contributed by atoms with Crippen LogP contribution in [-0.4, -0.2) is 65.2 Å². The molecule has 184 valence electrons. The van der Waals surface area contributed by atoms with Crippen molar-refractivity contribution >= 4 is 5.91 Å². The van der Waals surface area contributed by atoms with Gasteiger partial charge in [0.2, 0.25) is 11.8 Å². The van der Waals surface area contributed by atoms with Crippen molar-refractivity contribution in [2.24, 2.45) is 5.92 Å². The van der Waals surface area contributed by atoms with E-state index in [2.05, 4.69) is 9.88 Å². The maximum Gasteiger partial charge on any atom is 0.236 e. The van der Waals surface area contributed by atoms with Gasteiger partial charge in [-0.05, 0) is 62.8 Å². The Labute approximate surface area is 202 Å². The summed E-state index contributed by atoms with van der Waals surface area (Å²) in [5.41, 5.74) is 0.962. The average molecular weight is 468 g/mol. The average Bonchev–Trinajstić information content (AvgIpc) is 2.85. The van der Waals surface area contributed by atoms with E-state index >= 15 is 0 Å². The number of para-hydroxylation sites is 2. The van der Waals surface area contributed by atoms with Crippen LogP contribution in [0.5, 0.6) is 17.4 Å². The van der Waals surface area contributed by atoms with Crippen LogP contribution in [0.25, 0.3) is 0 Å². The number of aliphatic hydroxyl groups is 1. The number of likely N-dealkylation sites (tertiary alicyclic amines) is 1. The molecule has 4 rings (SSSR count). The van der Waals surface area contributed by atoms with Gasteiger partial charge in [-0.1, -0.05) is 31.0 Å². The Balaban J connectivity index is 1.47. The van der Waals surface area contributed by atoms with Gasteiger partial charge in [-0.25, -0.2) is 4.98 Å². The zero-order chi connectivity index (χ0) is 23.6. The van der Waals surface area contributed by atoms with Crippen LogP contribution in [0.1, 0.15) is 50.5 Å². The molecule has 0 atom stereocenters. The summed E-state index contributed by atoms with van der Waals surface area (Å²) in [6.45, 7) is 4.34. The molecule has 1 amide bonds. The van der Waals surface area contributed by atoms with Gasteiger partial charge in [-0.2, -0.15) is 0 Å². The van der Waals surface area contributed by atoms with Gasteiger partial charge in [0.25, 0.3) is 0 Å². The summed E-state index contributed by atoms with van der Waals surface area (Å²) in [4.78, 5) is 21.9. The maximum atomic E-state index is 13.2. The van der Waals surface area contributed by atoms with Crippen LogP contribution in [0.15, 0.2) is 42.6 Å². The second-order valence-corrected chi connectivity index (χ2v) is 9.33. The highest BCUT2D eigenvalue weighted by molar-refractivity contribution is 5.78. The molecule has 2 aliphatic rings. The lowest BCUT2D eigenvalue weighted by atomic mass is 9.94. The summed E-state index contributed by atoms with van der Waals surface area (Å²) in [6, 6.07) is 11.7. The second kappa shape index (κ2) is 12.7. The summed E-state index contributed by atoms with van der Waals surface area (Å²) in [5.74, 6) is 2.66. The van der Waals surface area contributed by atoms with Crippen molar-refractivity contribution in [2.75, 3.05) is 39.4 Å². The Kier molecular flexibility index (Phi) is 9.16. The number of fused-ring (bicyclic) bond motifs is 2. The van der Waals surface area contributed by atoms with Crippen molar-refractivity contribution in [2.45, 2.75) is 51.5 Å². The predicted octanol–water partition coefficient (Wildman–Crippen LogP) is 4.25. The number of carbonyl (C=O) groups excluding carboxylic acids is 1. The van der Waals surface area contributed by atoms with E-state index in [1.54, 1.807) is 6.20 Å². The molecule has 1 N–H and O–H groups in total. The number of nitrogens with zero attached hydrogens (tertiary/aromatic N) is 3. The number of piperidine rings is 1. The third-order valence-corrected chi connectivity index (χ3v) is 6.79. The van der Waals surface area contributed by atoms with Crippen molar-refractivity contribution in [1.82, 2.24) is 14.8 Å². The van der Waals surface area contributed by atoms with Gasteiger partial charge >= 0.3 is 0 Å². The van der Waals surface area contributed by atoms with Crippen molar-refractivity contribution in [3.8, 4) is 17.4 Å². The molecule has 1 saturated heterocycles. The Bertz CT molecular complexity index is 914. The smallest absolute Gasteiger partial charge is 0.236 e. The van der Waals surface area contributed by atoms with E-state index in [0.717, 1.165) is 75.9 Å². The molecule has 2 aliphatic heterocycles. The van der Waals surface area contributed by atoms with Crippen molar-refractivity contribution in [1.29, 1.82) is 0 Å². The van der Waals surface area contributed by atoms with Gasteiger partial charge in [-0.3, -0.25) is 9.69 Å². The maximum absolute atomic E-state index is 13.2. The number of aliphatic hydroxyl groups excluding tert-OH is 1. The number of pyridine rings is 1. The number of ether oxygens (including phenoxy) is 2. The molecule has 7 nitrogen and oxygen atoms in total. The van der Waals surface area contributed by atoms with E-state index in [1.807, 2.05) is 41.3 Å². The summed E-state index contributed by atoms with van der Waals surface area (Å²) in [6.07, 6.45) is 8.77. The standard InChI is InChI=1S/C27H37N3O4/c31-18-13-22-11-16-30(17-12-22)26(32)21-29-15-5-1-2-6-19-33-24-9-3-4-10-25(24)34-27-23(20-29)8-7-14-28-27/h3-4,7-10,14,22,31H,1-2,5-6,11-13,15-21H2. The Morgan fingerprint density at radius 1 is 1.00 bits per heavy atom. The Morgan fingerprint density at radius 2 is 1.79 bits per heavy atom. The Morgan fingerprint density at radius 3 is 2.62 bits per heavy atom. The first-order chi connectivity index (χ1) is 16.7. The molecule has 0 radical (unpaired) electrons. The predicted molar refractivity (Wildman–Crippen MR) is 131 cm³/mol. The summed E-state index contributed by atoms with van der Waals surface area (Å²) < 4.78 is 12.2. The molecule has 1 aromatic heterocycles. The number of aromatic nitrogens is 1. The lowest BCUT2D eigenvalue weighted by molar-refractivity contribution is -0.134. The van der Waals surface area contributed by atoms with E-state index in [0.29, 0.717) is 37.2 Å². The monoisotopic (exact) mass is 467 g/mol. The number of hydrogen-bond acceptors (Lipinski definition) is 6. The summed E-state index contributed by atoms with van der Waals surface area (Å²) >= 11 is 0. The number of carbonyl (C=O) groups is 1. The highest BCUT2D eigenvalue weighted by Gasteiger charge is 2.24. The highest BCUT2D eigenvalue weighted by atomic mass is 16.5. The largest absolute Gasteiger partial charge is 0.490 e. The second-order valence-electron chi connectivity index (χ2n) is 9.33. The Hall–Kier alpha value is -2.64. The van der Waals surface area contributed by atoms with Crippen molar-refractivity contribution in [3.05, 3.63) is 48.2 Å². The topological polar surface area (TPSA) is 75.1 Å². The van der Waals surface area contributed by atoms with Crippen molar-refractivity contribution in [3.63, 3.8) is 0 Å². The molecule has 0 saturated carbocycles. The fraction of sp³-hybridized carbons (Fsp3) is 0.556. The molecule has 3 heterocycles. The third kappa shape index (κ3) is 6.93. The fourth-order valence-corrected chi connectivity index (χ4v) is 4.77. The first-order valence-corrected chi connectivity index (χ1v) is 12.7. The van der Waals surface area contributed by atoms with E-state index in [4.69, 9.17) is 9.47 Å². The van der Waals surface area contributed by atoms with Crippen LogP contribution < -0.4 is 9.47 Å². The van der Waals surface area contributed by atoms with Gasteiger partial charge < -0.3 is 19.5 Å². The van der Waals surface area contributed by atoms with Gasteiger partial charge in [-0.15, -0.1) is 0 Å². The lowest BCUT2D eigenvalue weighted by Crippen LogP contribution is -2.44. The van der Waals surface area contributed by atoms with Gasteiger partial charge in [0.1, 0.15) is 0 Å². The van der Waals surface area contributed by atoms with E-state index < -0.39 is 0 Å². The molecule has 0 unspecified atom stereocenters. The van der Waals surface area contributed by atoms with Crippen LogP contribution in [-0.2, 0) is 11.3 Å². The van der Waals surface area contributed by atoms with Gasteiger partial charge in [0, 0.05) is 38.0 Å². The molecule has 0 spiro atoms. The molecule has 2 aromatic rings. The minimum absolute atomic E-state index is 0.189. The van der Waals surface area contributed by atoms with E-state index in [-0.39, 0.29) is 12.5 Å². The fourth-order valence-electron chi connectivity index (χ4n) is 4.77. The first-order valence-electron chi connectivity index (χ1n) is 12.7. The SMILES string of the molecule is O=C(CN1CCCCCCOc2ccccc2Oc2ncccc2C1)N1CCC(CCO)CC1. The van der Waals surface area contributed by atoms with Gasteiger partial charge in [0.15, 0.2) is 11.5 Å². The van der Waals surface area contributed by atoms with E-state index in [1.165, 1.54) is 0 Å². The third-order valence-electron chi connectivity index (χ3n) is 6.79. The van der Waals surface area contributed by atoms with Crippen LogP contribution in [0.2, 0.25) is 0 Å². The molecule has 34 heavy (non-hydrogen) atoms. The van der Waals surface area contributed by atoms with Crippen LogP contribution in [0.4, 0.5) is 0 Å². The molecule has 1 aromatic carbocycles. The highest BCUT2D eigenvalue weighted by Crippen LogP contribution is 2.32. The minimum atomic E-state index is 0.189. The zero-order valence-electron chi connectivity index (χ0n) is 20.0. The molecular weight excluding hydrogens is 430 g/mol. The molecule has 0 aliphatic carbocycles. The number of rotatable bonds is 4. The number of amides is 1. The summed E-state index contributed by atoms with van der Waals surface area (Å²) in [5, 5.41) is 9.20. The number of hydrogen-bond donors (Lipinski definition) is 1. The molecule has 7 heteroatoms. The lowest BCUT2D eigenvalue weighted by Gasteiger charge is -2.33. The van der Waals surface area contributed by atoms with E-state index in [9.17, 15) is 9.90 Å². The quantitative estimate of drug-likeness (QED) is 0.725. The van der Waals surface area contributed by atoms with Crippen LogP contribution in [0.3, 0.4) is 0 Å². The number of benzene rings is 1. The molecular formula is C27H37N3O4. The van der Waals surface area contributed by atoms with Crippen molar-refractivity contribution < 1.29 is 19.4 Å². The first kappa shape index (κ1) is 24.5. The normalized spacial score (nSPS) is 18.7. The van der Waals surface area contributed by atoms with Gasteiger partial charge in [0.05, 0.1) is 13.2 Å². The molecule has 0 bridgehead atoms. The van der Waals surface area contributed by atoms with Crippen LogP contribution >= 0.6 is 0 Å². The van der Waals surface area contributed by atoms with Crippen LogP contribution in [0, 0.1) is 5.92 Å². The minimum Gasteiger partial charge on any atom is -0.490 e. The molecule has 1 fully saturated rings. The summed E-state index contributed by atoms with van der Waals surface area (Å²) in [7, 11) is 0.